The number of benzene rings is 4. The van der Waals surface area contributed by atoms with Crippen LogP contribution in [-0.4, -0.2) is 34.9 Å². The summed E-state index contributed by atoms with van der Waals surface area (Å²) in [5, 5.41) is 26.5. The van der Waals surface area contributed by atoms with Crippen LogP contribution in [0.4, 0.5) is 11.4 Å². The third-order valence-electron chi connectivity index (χ3n) is 5.50. The maximum Gasteiger partial charge on any atom is 0.269 e. The standard InChI is InChI=1S/2C15H14N2O4/c2*18-15(16-10-12-4-2-1-3-5-12)11-21-14-8-6-13(7-9-14)17(19)20/h2*1-9H,10-11H2,(H,16,18). The molecule has 4 aromatic carbocycles. The van der Waals surface area contributed by atoms with E-state index >= 15 is 0 Å². The Kier molecular flexibility index (Phi) is 12.0. The van der Waals surface area contributed by atoms with E-state index in [1.54, 1.807) is 0 Å². The Morgan fingerprint density at radius 1 is 0.548 bits per heavy atom. The molecule has 0 atom stereocenters. The summed E-state index contributed by atoms with van der Waals surface area (Å²) in [6.07, 6.45) is 0. The number of carbonyl (C=O) groups excluding carboxylic acids is 2. The van der Waals surface area contributed by atoms with E-state index in [0.717, 1.165) is 11.1 Å². The third kappa shape index (κ3) is 11.1. The molecule has 0 unspecified atom stereocenters. The van der Waals surface area contributed by atoms with Gasteiger partial charge in [0.15, 0.2) is 13.2 Å². The number of nitro benzene ring substituents is 2. The fraction of sp³-hybridized carbons (Fsp3) is 0.133. The summed E-state index contributed by atoms with van der Waals surface area (Å²) in [5.74, 6) is 0.320. The highest BCUT2D eigenvalue weighted by Crippen LogP contribution is 2.18. The molecule has 0 aromatic heterocycles. The molecule has 0 aliphatic rings. The Morgan fingerprint density at radius 3 is 1.19 bits per heavy atom. The van der Waals surface area contributed by atoms with Crippen LogP contribution in [0.15, 0.2) is 109 Å². The van der Waals surface area contributed by atoms with Crippen LogP contribution >= 0.6 is 0 Å². The second kappa shape index (κ2) is 16.4. The number of hydrogen-bond donors (Lipinski definition) is 2. The van der Waals surface area contributed by atoms with Gasteiger partial charge in [-0.25, -0.2) is 0 Å². The molecule has 0 saturated heterocycles. The molecule has 0 bridgehead atoms. The molecule has 2 N–H and O–H groups in total. The summed E-state index contributed by atoms with van der Waals surface area (Å²) in [7, 11) is 0. The van der Waals surface area contributed by atoms with Crippen molar-refractivity contribution < 1.29 is 28.9 Å². The van der Waals surface area contributed by atoms with Crippen LogP contribution in [0, 0.1) is 20.2 Å². The first-order valence-electron chi connectivity index (χ1n) is 12.7. The number of nitro groups is 2. The van der Waals surface area contributed by atoms with Crippen LogP contribution in [0.5, 0.6) is 11.5 Å². The molecule has 0 aliphatic carbocycles. The van der Waals surface area contributed by atoms with E-state index in [1.807, 2.05) is 60.7 Å². The van der Waals surface area contributed by atoms with Crippen LogP contribution in [0.1, 0.15) is 11.1 Å². The van der Waals surface area contributed by atoms with Gasteiger partial charge in [-0.05, 0) is 35.4 Å². The minimum absolute atomic E-state index is 0.0177. The van der Waals surface area contributed by atoms with Crippen molar-refractivity contribution in [1.29, 1.82) is 0 Å². The van der Waals surface area contributed by atoms with E-state index in [0.29, 0.717) is 24.6 Å². The lowest BCUT2D eigenvalue weighted by Crippen LogP contribution is -2.28. The van der Waals surface area contributed by atoms with Gasteiger partial charge in [-0.15, -0.1) is 0 Å². The molecule has 4 rings (SSSR count). The third-order valence-corrected chi connectivity index (χ3v) is 5.50. The van der Waals surface area contributed by atoms with Crippen molar-refractivity contribution in [3.63, 3.8) is 0 Å². The van der Waals surface area contributed by atoms with Gasteiger partial charge in [-0.2, -0.15) is 0 Å². The second-order valence-electron chi connectivity index (χ2n) is 8.60. The number of ether oxygens (including phenoxy) is 2. The number of amides is 2. The molecular weight excluding hydrogens is 544 g/mol. The summed E-state index contributed by atoms with van der Waals surface area (Å²) >= 11 is 0. The molecule has 12 heteroatoms. The lowest BCUT2D eigenvalue weighted by molar-refractivity contribution is -0.385. The second-order valence-corrected chi connectivity index (χ2v) is 8.60. The number of non-ortho nitro benzene ring substituents is 2. The smallest absolute Gasteiger partial charge is 0.269 e. The SMILES string of the molecule is O=C(COc1ccc([N+](=O)[O-])cc1)NCc1ccccc1.O=C(COc1ccc([N+](=O)[O-])cc1)NCc1ccccc1. The van der Waals surface area contributed by atoms with Gasteiger partial charge in [0.2, 0.25) is 0 Å². The zero-order valence-electron chi connectivity index (χ0n) is 22.4. The topological polar surface area (TPSA) is 163 Å². The monoisotopic (exact) mass is 572 g/mol. The number of hydrogen-bond acceptors (Lipinski definition) is 8. The van der Waals surface area contributed by atoms with Gasteiger partial charge in [0.05, 0.1) is 9.85 Å². The Balaban J connectivity index is 0.000000230. The first-order chi connectivity index (χ1) is 20.3. The summed E-state index contributed by atoms with van der Waals surface area (Å²) in [4.78, 5) is 43.3. The van der Waals surface area contributed by atoms with Crippen molar-refractivity contribution >= 4 is 23.2 Å². The Hall–Kier alpha value is -5.78. The average molecular weight is 573 g/mol. The fourth-order valence-electron chi connectivity index (χ4n) is 3.32. The summed E-state index contributed by atoms with van der Waals surface area (Å²) in [6, 6.07) is 30.2. The predicted octanol–water partition coefficient (Wildman–Crippen LogP) is 4.58. The molecule has 0 heterocycles. The first kappa shape index (κ1) is 30.8. The van der Waals surface area contributed by atoms with Crippen molar-refractivity contribution in [2.45, 2.75) is 13.1 Å². The van der Waals surface area contributed by atoms with Gasteiger partial charge >= 0.3 is 0 Å². The predicted molar refractivity (Wildman–Crippen MR) is 154 cm³/mol. The normalized spacial score (nSPS) is 9.90. The highest BCUT2D eigenvalue weighted by molar-refractivity contribution is 5.77. The van der Waals surface area contributed by atoms with Crippen molar-refractivity contribution in [1.82, 2.24) is 10.6 Å². The van der Waals surface area contributed by atoms with Crippen LogP contribution < -0.4 is 20.1 Å². The molecular formula is C30H28N4O8. The Bertz CT molecular complexity index is 1340. The number of carbonyl (C=O) groups is 2. The Labute approximate surface area is 241 Å². The molecule has 0 aliphatic heterocycles. The largest absolute Gasteiger partial charge is 0.484 e. The zero-order valence-corrected chi connectivity index (χ0v) is 22.4. The Morgan fingerprint density at radius 2 is 0.881 bits per heavy atom. The van der Waals surface area contributed by atoms with E-state index in [4.69, 9.17) is 9.47 Å². The van der Waals surface area contributed by atoms with Crippen LogP contribution in [0.25, 0.3) is 0 Å². The van der Waals surface area contributed by atoms with Gasteiger partial charge in [0, 0.05) is 37.4 Å². The summed E-state index contributed by atoms with van der Waals surface area (Å²) in [6.45, 7) is 0.599. The molecule has 0 saturated carbocycles. The van der Waals surface area contributed by atoms with Crippen molar-refractivity contribution in [2.75, 3.05) is 13.2 Å². The average Bonchev–Trinajstić information content (AvgIpc) is 3.02. The minimum atomic E-state index is -0.490. The van der Waals surface area contributed by atoms with E-state index in [9.17, 15) is 29.8 Å². The van der Waals surface area contributed by atoms with Crippen LogP contribution in [0.2, 0.25) is 0 Å². The van der Waals surface area contributed by atoms with Gasteiger partial charge in [-0.3, -0.25) is 29.8 Å². The van der Waals surface area contributed by atoms with Crippen LogP contribution in [0.3, 0.4) is 0 Å². The first-order valence-corrected chi connectivity index (χ1v) is 12.7. The zero-order chi connectivity index (χ0) is 30.2. The molecule has 0 spiro atoms. The lowest BCUT2D eigenvalue weighted by Gasteiger charge is -2.07. The van der Waals surface area contributed by atoms with Crippen LogP contribution in [-0.2, 0) is 22.7 Å². The van der Waals surface area contributed by atoms with E-state index in [2.05, 4.69) is 10.6 Å². The molecule has 42 heavy (non-hydrogen) atoms. The molecule has 4 aromatic rings. The molecule has 12 nitrogen and oxygen atoms in total. The van der Waals surface area contributed by atoms with E-state index in [-0.39, 0.29) is 36.4 Å². The fourth-order valence-corrected chi connectivity index (χ4v) is 3.32. The molecule has 2 amide bonds. The molecule has 0 radical (unpaired) electrons. The summed E-state index contributed by atoms with van der Waals surface area (Å²) < 4.78 is 10.5. The molecule has 216 valence electrons. The maximum absolute atomic E-state index is 11.6. The highest BCUT2D eigenvalue weighted by atomic mass is 16.6. The van der Waals surface area contributed by atoms with Gasteiger partial charge in [0.1, 0.15) is 11.5 Å². The van der Waals surface area contributed by atoms with Gasteiger partial charge < -0.3 is 20.1 Å². The van der Waals surface area contributed by atoms with Crippen molar-refractivity contribution in [2.24, 2.45) is 0 Å². The number of rotatable bonds is 12. The number of nitrogens with zero attached hydrogens (tertiary/aromatic N) is 2. The van der Waals surface area contributed by atoms with E-state index < -0.39 is 9.85 Å². The minimum Gasteiger partial charge on any atom is -0.484 e. The summed E-state index contributed by atoms with van der Waals surface area (Å²) in [5.41, 5.74) is 1.97. The van der Waals surface area contributed by atoms with Crippen molar-refractivity contribution in [3.8, 4) is 11.5 Å². The quantitative estimate of drug-likeness (QED) is 0.184. The maximum atomic E-state index is 11.6. The highest BCUT2D eigenvalue weighted by Gasteiger charge is 2.08. The van der Waals surface area contributed by atoms with Crippen molar-refractivity contribution in [3.05, 3.63) is 141 Å². The lowest BCUT2D eigenvalue weighted by atomic mass is 10.2. The number of nitrogens with one attached hydrogen (secondary N) is 2. The van der Waals surface area contributed by atoms with Gasteiger partial charge in [-0.1, -0.05) is 60.7 Å². The van der Waals surface area contributed by atoms with E-state index in [1.165, 1.54) is 48.5 Å². The molecule has 0 fully saturated rings. The van der Waals surface area contributed by atoms with Gasteiger partial charge in [0.25, 0.3) is 23.2 Å².